The molecule has 0 aromatic heterocycles. The fourth-order valence-electron chi connectivity index (χ4n) is 2.15. The number of hydrogen-bond acceptors (Lipinski definition) is 1. The number of benzene rings is 2. The van der Waals surface area contributed by atoms with Crippen LogP contribution in [0.25, 0.3) is 11.1 Å². The largest absolute Gasteiger partial charge is 0.481 e. The Morgan fingerprint density at radius 2 is 1.90 bits per heavy atom. The third-order valence-corrected chi connectivity index (χ3v) is 3.42. The van der Waals surface area contributed by atoms with Crippen molar-refractivity contribution in [1.29, 1.82) is 0 Å². The summed E-state index contributed by atoms with van der Waals surface area (Å²) in [5, 5.41) is 9.01. The van der Waals surface area contributed by atoms with E-state index in [-0.39, 0.29) is 0 Å². The molecule has 0 amide bonds. The van der Waals surface area contributed by atoms with Crippen molar-refractivity contribution in [2.24, 2.45) is 0 Å². The van der Waals surface area contributed by atoms with Gasteiger partial charge in [-0.15, -0.1) is 6.58 Å². The highest BCUT2D eigenvalue weighted by Gasteiger charge is 2.13. The zero-order chi connectivity index (χ0) is 14.5. The Kier molecular flexibility index (Phi) is 4.36. The Balaban J connectivity index is 2.27. The number of allylic oxidation sites excluding steroid dienone is 1. The van der Waals surface area contributed by atoms with Crippen molar-refractivity contribution in [2.75, 3.05) is 0 Å². The van der Waals surface area contributed by atoms with Crippen molar-refractivity contribution in [3.8, 4) is 11.1 Å². The van der Waals surface area contributed by atoms with Gasteiger partial charge in [-0.1, -0.05) is 54.6 Å². The average Bonchev–Trinajstić information content (AvgIpc) is 2.47. The molecular weight excluding hydrogens is 248 g/mol. The van der Waals surface area contributed by atoms with Crippen LogP contribution in [0.1, 0.15) is 24.0 Å². The van der Waals surface area contributed by atoms with E-state index in [2.05, 4.69) is 24.8 Å². The maximum absolute atomic E-state index is 11.0. The van der Waals surface area contributed by atoms with Crippen LogP contribution in [0.4, 0.5) is 0 Å². The molecule has 1 N–H and O–H groups in total. The summed E-state index contributed by atoms with van der Waals surface area (Å²) in [5.41, 5.74) is 4.28. The Bertz CT molecular complexity index is 612. The SMILES string of the molecule is C=CCc1cccc(-c2ccc(C(C)C(=O)O)cc2)c1. The first-order valence-corrected chi connectivity index (χ1v) is 6.65. The quantitative estimate of drug-likeness (QED) is 0.820. The van der Waals surface area contributed by atoms with Crippen LogP contribution in [-0.4, -0.2) is 11.1 Å². The number of aliphatic carboxylic acids is 1. The second-order valence-electron chi connectivity index (χ2n) is 4.88. The zero-order valence-corrected chi connectivity index (χ0v) is 11.5. The van der Waals surface area contributed by atoms with E-state index in [4.69, 9.17) is 5.11 Å². The molecule has 2 nitrogen and oxygen atoms in total. The summed E-state index contributed by atoms with van der Waals surface area (Å²) in [6.07, 6.45) is 2.73. The van der Waals surface area contributed by atoms with Crippen LogP contribution in [0, 0.1) is 0 Å². The van der Waals surface area contributed by atoms with Crippen molar-refractivity contribution in [1.82, 2.24) is 0 Å². The first-order valence-electron chi connectivity index (χ1n) is 6.65. The second kappa shape index (κ2) is 6.20. The van der Waals surface area contributed by atoms with E-state index in [1.807, 2.05) is 36.4 Å². The Morgan fingerprint density at radius 1 is 1.20 bits per heavy atom. The number of carboxylic acid groups (broad SMARTS) is 1. The molecule has 0 radical (unpaired) electrons. The topological polar surface area (TPSA) is 37.3 Å². The summed E-state index contributed by atoms with van der Waals surface area (Å²) in [5.74, 6) is -1.28. The van der Waals surface area contributed by atoms with Gasteiger partial charge < -0.3 is 5.11 Å². The Hall–Kier alpha value is -2.35. The van der Waals surface area contributed by atoms with Crippen LogP contribution >= 0.6 is 0 Å². The third-order valence-electron chi connectivity index (χ3n) is 3.42. The van der Waals surface area contributed by atoms with Gasteiger partial charge in [-0.05, 0) is 35.6 Å². The number of carbonyl (C=O) groups is 1. The highest BCUT2D eigenvalue weighted by molar-refractivity contribution is 5.76. The summed E-state index contributed by atoms with van der Waals surface area (Å²) in [7, 11) is 0. The smallest absolute Gasteiger partial charge is 0.310 e. The van der Waals surface area contributed by atoms with Crippen molar-refractivity contribution in [2.45, 2.75) is 19.3 Å². The van der Waals surface area contributed by atoms with Gasteiger partial charge in [-0.3, -0.25) is 4.79 Å². The minimum absolute atomic E-state index is 0.476. The molecule has 1 atom stereocenters. The lowest BCUT2D eigenvalue weighted by Crippen LogP contribution is -2.06. The Labute approximate surface area is 119 Å². The predicted molar refractivity (Wildman–Crippen MR) is 81.8 cm³/mol. The molecule has 2 heteroatoms. The third kappa shape index (κ3) is 3.15. The zero-order valence-electron chi connectivity index (χ0n) is 11.5. The van der Waals surface area contributed by atoms with Crippen LogP contribution in [0.15, 0.2) is 61.2 Å². The van der Waals surface area contributed by atoms with Crippen LogP contribution in [0.5, 0.6) is 0 Å². The highest BCUT2D eigenvalue weighted by Crippen LogP contribution is 2.24. The van der Waals surface area contributed by atoms with Gasteiger partial charge in [-0.25, -0.2) is 0 Å². The molecule has 1 unspecified atom stereocenters. The fraction of sp³-hybridized carbons (Fsp3) is 0.167. The summed E-state index contributed by atoms with van der Waals surface area (Å²) < 4.78 is 0. The van der Waals surface area contributed by atoms with Crippen LogP contribution in [-0.2, 0) is 11.2 Å². The maximum atomic E-state index is 11.0. The Morgan fingerprint density at radius 3 is 2.50 bits per heavy atom. The van der Waals surface area contributed by atoms with Crippen molar-refractivity contribution < 1.29 is 9.90 Å². The molecule has 0 aliphatic heterocycles. The van der Waals surface area contributed by atoms with E-state index in [0.29, 0.717) is 0 Å². The minimum atomic E-state index is -0.800. The van der Waals surface area contributed by atoms with Gasteiger partial charge in [0.15, 0.2) is 0 Å². The second-order valence-corrected chi connectivity index (χ2v) is 4.88. The van der Waals surface area contributed by atoms with Crippen LogP contribution in [0.3, 0.4) is 0 Å². The van der Waals surface area contributed by atoms with Gasteiger partial charge in [-0.2, -0.15) is 0 Å². The van der Waals surface area contributed by atoms with Crippen molar-refractivity contribution >= 4 is 5.97 Å². The first kappa shape index (κ1) is 14.1. The molecule has 0 saturated heterocycles. The lowest BCUT2D eigenvalue weighted by atomic mass is 9.96. The molecule has 2 rings (SSSR count). The van der Waals surface area contributed by atoms with Gasteiger partial charge in [0.2, 0.25) is 0 Å². The molecule has 0 bridgehead atoms. The van der Waals surface area contributed by atoms with E-state index < -0.39 is 11.9 Å². The average molecular weight is 266 g/mol. The standard InChI is InChI=1S/C18H18O2/c1-3-5-14-6-4-7-17(12-14)16-10-8-15(9-11-16)13(2)18(19)20/h3-4,6-13H,1,5H2,2H3,(H,19,20). The van der Waals surface area contributed by atoms with Gasteiger partial charge in [0.1, 0.15) is 0 Å². The maximum Gasteiger partial charge on any atom is 0.310 e. The molecule has 0 aliphatic rings. The molecule has 0 fully saturated rings. The molecule has 2 aromatic rings. The molecule has 20 heavy (non-hydrogen) atoms. The lowest BCUT2D eigenvalue weighted by Gasteiger charge is -2.09. The summed E-state index contributed by atoms with van der Waals surface area (Å²) >= 11 is 0. The van der Waals surface area contributed by atoms with Crippen LogP contribution < -0.4 is 0 Å². The number of carboxylic acids is 1. The summed E-state index contributed by atoms with van der Waals surface area (Å²) in [4.78, 5) is 11.0. The summed E-state index contributed by atoms with van der Waals surface area (Å²) in [6.45, 7) is 5.45. The fourth-order valence-corrected chi connectivity index (χ4v) is 2.15. The predicted octanol–water partition coefficient (Wildman–Crippen LogP) is 4.27. The van der Waals surface area contributed by atoms with Crippen molar-refractivity contribution in [3.05, 3.63) is 72.3 Å². The molecule has 0 heterocycles. The van der Waals surface area contributed by atoms with Gasteiger partial charge in [0.05, 0.1) is 5.92 Å². The number of rotatable bonds is 5. The molecule has 0 saturated carbocycles. The molecule has 102 valence electrons. The minimum Gasteiger partial charge on any atom is -0.481 e. The van der Waals surface area contributed by atoms with Gasteiger partial charge >= 0.3 is 5.97 Å². The lowest BCUT2D eigenvalue weighted by molar-refractivity contribution is -0.138. The monoisotopic (exact) mass is 266 g/mol. The van der Waals surface area contributed by atoms with E-state index in [1.54, 1.807) is 6.92 Å². The number of hydrogen-bond donors (Lipinski definition) is 1. The van der Waals surface area contributed by atoms with Crippen molar-refractivity contribution in [3.63, 3.8) is 0 Å². The summed E-state index contributed by atoms with van der Waals surface area (Å²) in [6, 6.07) is 16.0. The highest BCUT2D eigenvalue weighted by atomic mass is 16.4. The van der Waals surface area contributed by atoms with Crippen LogP contribution in [0.2, 0.25) is 0 Å². The van der Waals surface area contributed by atoms with Gasteiger partial charge in [0, 0.05) is 0 Å². The normalized spacial score (nSPS) is 11.8. The molecule has 0 aliphatic carbocycles. The van der Waals surface area contributed by atoms with E-state index in [9.17, 15) is 4.79 Å². The van der Waals surface area contributed by atoms with Gasteiger partial charge in [0.25, 0.3) is 0 Å². The molecule has 2 aromatic carbocycles. The molecule has 0 spiro atoms. The van der Waals surface area contributed by atoms with E-state index >= 15 is 0 Å². The first-order chi connectivity index (χ1) is 9.61. The van der Waals surface area contributed by atoms with E-state index in [1.165, 1.54) is 5.56 Å². The van der Waals surface area contributed by atoms with E-state index in [0.717, 1.165) is 23.1 Å². The molecular formula is C18H18O2.